The van der Waals surface area contributed by atoms with Crippen LogP contribution in [0.3, 0.4) is 0 Å². The number of urea groups is 1. The predicted molar refractivity (Wildman–Crippen MR) is 198 cm³/mol. The number of ketones is 1. The Morgan fingerprint density at radius 1 is 0.981 bits per heavy atom. The molecule has 5 rings (SSSR count). The molecule has 4 aliphatic rings. The fraction of sp³-hybridized carbons (Fsp3) is 0.757. The van der Waals surface area contributed by atoms with Crippen molar-refractivity contribution in [1.82, 2.24) is 25.2 Å². The van der Waals surface area contributed by atoms with Gasteiger partial charge in [0.05, 0.1) is 6.04 Å². The zero-order valence-corrected chi connectivity index (χ0v) is 33.5. The van der Waals surface area contributed by atoms with Gasteiger partial charge >= 0.3 is 6.03 Å². The highest BCUT2D eigenvalue weighted by molar-refractivity contribution is 7.91. The van der Waals surface area contributed by atoms with Crippen LogP contribution in [0.4, 0.5) is 4.79 Å². The summed E-state index contributed by atoms with van der Waals surface area (Å²) in [6.07, 6.45) is 5.07. The van der Waals surface area contributed by atoms with E-state index >= 15 is 0 Å². The van der Waals surface area contributed by atoms with Gasteiger partial charge < -0.3 is 26.6 Å². The number of hydrogen-bond acceptors (Lipinski definition) is 8. The highest BCUT2D eigenvalue weighted by atomic mass is 32.2. The molecule has 1 aromatic rings. The molecule has 6 atom stereocenters. The summed E-state index contributed by atoms with van der Waals surface area (Å²) >= 11 is 1.16. The Morgan fingerprint density at radius 2 is 1.63 bits per heavy atom. The van der Waals surface area contributed by atoms with Crippen LogP contribution in [0.5, 0.6) is 0 Å². The Balaban J connectivity index is 1.34. The normalized spacial score (nSPS) is 24.6. The summed E-state index contributed by atoms with van der Waals surface area (Å²) in [6, 6.07) is -0.930. The first-order valence-electron chi connectivity index (χ1n) is 18.6. The third-order valence-electron chi connectivity index (χ3n) is 11.8. The van der Waals surface area contributed by atoms with Gasteiger partial charge in [-0.1, -0.05) is 80.7 Å². The van der Waals surface area contributed by atoms with Gasteiger partial charge in [-0.25, -0.2) is 13.2 Å². The molecule has 1 aliphatic heterocycles. The van der Waals surface area contributed by atoms with Crippen molar-refractivity contribution in [3.63, 3.8) is 0 Å². The number of likely N-dealkylation sites (tertiary alicyclic amines) is 1. The van der Waals surface area contributed by atoms with Gasteiger partial charge in [0.25, 0.3) is 15.9 Å². The summed E-state index contributed by atoms with van der Waals surface area (Å²) in [6.45, 7) is 16.1. The first-order chi connectivity index (χ1) is 24.0. The van der Waals surface area contributed by atoms with Crippen molar-refractivity contribution in [1.29, 1.82) is 0 Å². The Labute approximate surface area is 312 Å². The van der Waals surface area contributed by atoms with Gasteiger partial charge in [0.1, 0.15) is 16.3 Å². The van der Waals surface area contributed by atoms with Crippen molar-refractivity contribution in [2.24, 2.45) is 45.7 Å². The third-order valence-corrected chi connectivity index (χ3v) is 15.0. The molecule has 52 heavy (non-hydrogen) atoms. The van der Waals surface area contributed by atoms with E-state index in [0.29, 0.717) is 19.5 Å². The molecule has 1 unspecified atom stereocenters. The summed E-state index contributed by atoms with van der Waals surface area (Å²) in [4.78, 5) is 68.7. The van der Waals surface area contributed by atoms with E-state index in [1.54, 1.807) is 17.5 Å². The molecule has 0 spiro atoms. The van der Waals surface area contributed by atoms with Crippen LogP contribution in [0.2, 0.25) is 0 Å². The lowest BCUT2D eigenvalue weighted by Gasteiger charge is -2.39. The number of primary amides is 1. The second-order valence-corrected chi connectivity index (χ2v) is 21.4. The minimum Gasteiger partial charge on any atom is -0.363 e. The van der Waals surface area contributed by atoms with Crippen molar-refractivity contribution in [2.75, 3.05) is 19.6 Å². The molecular formula is C37H58N6O7S2. The smallest absolute Gasteiger partial charge is 0.315 e. The van der Waals surface area contributed by atoms with Crippen molar-refractivity contribution < 1.29 is 32.4 Å². The first kappa shape index (κ1) is 40.2. The molecule has 3 saturated carbocycles. The van der Waals surface area contributed by atoms with Gasteiger partial charge in [-0.05, 0) is 70.6 Å². The van der Waals surface area contributed by atoms with Crippen LogP contribution < -0.4 is 21.7 Å². The molecule has 1 saturated heterocycles. The Bertz CT molecular complexity index is 1640. The lowest BCUT2D eigenvalue weighted by Crippen LogP contribution is -2.63. The molecular weight excluding hydrogens is 705 g/mol. The SMILES string of the molecule is CC(C)(C)[C@H](NC(=O)N[C@H](CN(CC1CC1)S(=O)(=O)c1cccs1)C(C)(C)C)C(=O)N1C[C@H]2[C@@H]([C@H]1C(=O)NC(CC1CCC1)C(=O)C(N)=O)C2(C)C. The average Bonchev–Trinajstić information content (AvgIpc) is 3.70. The predicted octanol–water partition coefficient (Wildman–Crippen LogP) is 3.49. The van der Waals surface area contributed by atoms with Crippen molar-refractivity contribution in [3.8, 4) is 0 Å². The Hall–Kier alpha value is -3.04. The molecule has 2 heterocycles. The molecule has 15 heteroatoms. The minimum absolute atomic E-state index is 0.0478. The Morgan fingerprint density at radius 3 is 2.13 bits per heavy atom. The van der Waals surface area contributed by atoms with E-state index in [4.69, 9.17) is 5.73 Å². The molecule has 0 aromatic carbocycles. The van der Waals surface area contributed by atoms with Crippen LogP contribution in [0, 0.1) is 39.9 Å². The average molecular weight is 763 g/mol. The highest BCUT2D eigenvalue weighted by Crippen LogP contribution is 2.65. The molecule has 5 amide bonds. The van der Waals surface area contributed by atoms with Gasteiger partial charge in [-0.3, -0.25) is 19.2 Å². The molecule has 290 valence electrons. The van der Waals surface area contributed by atoms with Crippen molar-refractivity contribution in [2.45, 2.75) is 122 Å². The van der Waals surface area contributed by atoms with Crippen LogP contribution in [-0.4, -0.2) is 91.0 Å². The van der Waals surface area contributed by atoms with Gasteiger partial charge in [0, 0.05) is 25.7 Å². The zero-order chi connectivity index (χ0) is 38.6. The van der Waals surface area contributed by atoms with E-state index < -0.39 is 74.6 Å². The van der Waals surface area contributed by atoms with E-state index in [9.17, 15) is 32.4 Å². The van der Waals surface area contributed by atoms with E-state index in [-0.39, 0.29) is 39.8 Å². The van der Waals surface area contributed by atoms with Crippen LogP contribution in [0.25, 0.3) is 0 Å². The van der Waals surface area contributed by atoms with E-state index in [1.165, 1.54) is 9.21 Å². The maximum atomic E-state index is 14.5. The van der Waals surface area contributed by atoms with E-state index in [0.717, 1.165) is 43.4 Å². The fourth-order valence-electron chi connectivity index (χ4n) is 7.82. The van der Waals surface area contributed by atoms with Crippen LogP contribution in [0.1, 0.15) is 93.9 Å². The standard InChI is InChI=1S/C37H58N6O7S2/c1-35(2,3)25(20-42(18-22-14-15-22)52(49,50)26-13-10-16-51-26)40-34(48)41-30(36(4,5)6)33(47)43-19-23-27(37(23,7)8)28(43)32(46)39-24(29(44)31(38)45)17-21-11-9-12-21/h10,13,16,21-25,27-28,30H,9,11-12,14-15,17-20H2,1-8H3,(H2,38,45)(H,39,46)(H2,40,41,48)/t23-,24?,25+,27-,28-,30+/m0/s1. The second-order valence-electron chi connectivity index (χ2n) is 18.2. The van der Waals surface area contributed by atoms with Gasteiger partial charge in [0.2, 0.25) is 17.6 Å². The molecule has 0 bridgehead atoms. The quantitative estimate of drug-likeness (QED) is 0.197. The topological polar surface area (TPSA) is 188 Å². The second kappa shape index (κ2) is 14.7. The number of nitrogens with zero attached hydrogens (tertiary/aromatic N) is 2. The molecule has 0 radical (unpaired) electrons. The number of amides is 5. The summed E-state index contributed by atoms with van der Waals surface area (Å²) in [7, 11) is -3.79. The number of thiophene rings is 1. The molecule has 4 fully saturated rings. The largest absolute Gasteiger partial charge is 0.363 e. The number of carbonyl (C=O) groups excluding carboxylic acids is 5. The lowest BCUT2D eigenvalue weighted by atomic mass is 9.80. The number of carbonyl (C=O) groups is 5. The van der Waals surface area contributed by atoms with Crippen molar-refractivity contribution >= 4 is 50.9 Å². The van der Waals surface area contributed by atoms with Gasteiger partial charge in [-0.15, -0.1) is 11.3 Å². The molecule has 13 nitrogen and oxygen atoms in total. The number of nitrogens with two attached hydrogens (primary N) is 1. The van der Waals surface area contributed by atoms with Crippen molar-refractivity contribution in [3.05, 3.63) is 17.5 Å². The maximum absolute atomic E-state index is 14.5. The number of nitrogens with one attached hydrogen (secondary N) is 3. The number of rotatable bonds is 15. The molecule has 3 aliphatic carbocycles. The van der Waals surface area contributed by atoms with E-state index in [1.807, 2.05) is 41.5 Å². The van der Waals surface area contributed by atoms with Gasteiger partial charge in [-0.2, -0.15) is 4.31 Å². The fourth-order valence-corrected chi connectivity index (χ4v) is 10.5. The number of piperidine rings is 1. The number of hydrogen-bond donors (Lipinski definition) is 4. The summed E-state index contributed by atoms with van der Waals surface area (Å²) in [5.74, 6) is -2.51. The van der Waals surface area contributed by atoms with E-state index in [2.05, 4.69) is 29.8 Å². The zero-order valence-electron chi connectivity index (χ0n) is 31.9. The highest BCUT2D eigenvalue weighted by Gasteiger charge is 2.70. The number of Topliss-reactive ketones (excluding diaryl/α,β-unsaturated/α-hetero) is 1. The molecule has 1 aromatic heterocycles. The lowest BCUT2D eigenvalue weighted by molar-refractivity contribution is -0.145. The third kappa shape index (κ3) is 8.67. The maximum Gasteiger partial charge on any atom is 0.315 e. The minimum atomic E-state index is -3.79. The van der Waals surface area contributed by atoms with Gasteiger partial charge in [0.15, 0.2) is 0 Å². The summed E-state index contributed by atoms with van der Waals surface area (Å²) in [5.41, 5.74) is 3.83. The summed E-state index contributed by atoms with van der Waals surface area (Å²) in [5, 5.41) is 10.4. The van der Waals surface area contributed by atoms with Crippen LogP contribution >= 0.6 is 11.3 Å². The van der Waals surface area contributed by atoms with Crippen LogP contribution in [-0.2, 0) is 29.2 Å². The van der Waals surface area contributed by atoms with Crippen LogP contribution in [0.15, 0.2) is 21.7 Å². The summed E-state index contributed by atoms with van der Waals surface area (Å²) < 4.78 is 29.1. The number of sulfonamides is 1. The monoisotopic (exact) mass is 762 g/mol. The first-order valence-corrected chi connectivity index (χ1v) is 20.9. The molecule has 5 N–H and O–H groups in total. The number of fused-ring (bicyclic) bond motifs is 1. The Kier molecular flexibility index (Phi) is 11.3.